The lowest BCUT2D eigenvalue weighted by molar-refractivity contribution is -0.245. The molecule has 12 heteroatoms. The number of hydrogen-bond acceptors (Lipinski definition) is 9. The maximum atomic E-state index is 12.4. The molecule has 3 atom stereocenters. The Hall–Kier alpha value is -4.23. The highest BCUT2D eigenvalue weighted by Crippen LogP contribution is 2.39. The minimum absolute atomic E-state index is 0.00845. The summed E-state index contributed by atoms with van der Waals surface area (Å²) < 4.78 is 14.7. The molecule has 0 spiro atoms. The molecule has 11 nitrogen and oxygen atoms in total. The Kier molecular flexibility index (Phi) is 11.8. The summed E-state index contributed by atoms with van der Waals surface area (Å²) in [6.45, 7) is 0.390. The third kappa shape index (κ3) is 9.39. The van der Waals surface area contributed by atoms with Gasteiger partial charge >= 0.3 is 0 Å². The SMILES string of the molecule is Cn1cnnc1SC[C@H]1C[C@@H](c2ccc(CO)cc2)O[C@@H](c2ccc(CNC(=O)CCCCC(=O)Nc3ccccc3N)cc2)O1. The van der Waals surface area contributed by atoms with Gasteiger partial charge in [-0.15, -0.1) is 10.2 Å². The number of unbranched alkanes of at least 4 members (excludes halogenated alkanes) is 1. The molecule has 242 valence electrons. The number of aromatic nitrogens is 3. The topological polar surface area (TPSA) is 154 Å². The molecule has 4 aromatic rings. The molecule has 0 unspecified atom stereocenters. The molecule has 1 aliphatic rings. The molecular formula is C34H40N6O5S. The van der Waals surface area contributed by atoms with E-state index in [2.05, 4.69) is 20.8 Å². The fourth-order valence-electron chi connectivity index (χ4n) is 5.07. The molecular weight excluding hydrogens is 604 g/mol. The molecule has 1 aromatic heterocycles. The number of aryl methyl sites for hydroxylation is 1. The van der Waals surface area contributed by atoms with Gasteiger partial charge in [-0.3, -0.25) is 9.59 Å². The first kappa shape index (κ1) is 33.1. The van der Waals surface area contributed by atoms with Gasteiger partial charge in [0.15, 0.2) is 11.4 Å². The summed E-state index contributed by atoms with van der Waals surface area (Å²) in [7, 11) is 1.91. The Morgan fingerprint density at radius 2 is 1.65 bits per heavy atom. The lowest BCUT2D eigenvalue weighted by atomic mass is 10.0. The Balaban J connectivity index is 1.10. The van der Waals surface area contributed by atoms with Gasteiger partial charge in [0.05, 0.1) is 30.2 Å². The largest absolute Gasteiger partial charge is 0.397 e. The number of carbonyl (C=O) groups excluding carboxylic acids is 2. The Morgan fingerprint density at radius 3 is 2.35 bits per heavy atom. The number of anilines is 2. The number of aliphatic hydroxyl groups excluding tert-OH is 1. The van der Waals surface area contributed by atoms with E-state index in [1.807, 2.05) is 72.3 Å². The third-order valence-corrected chi connectivity index (χ3v) is 8.88. The molecule has 0 bridgehead atoms. The minimum Gasteiger partial charge on any atom is -0.397 e. The first-order valence-corrected chi connectivity index (χ1v) is 16.3. The van der Waals surface area contributed by atoms with Crippen LogP contribution in [0.25, 0.3) is 0 Å². The number of benzene rings is 3. The van der Waals surface area contributed by atoms with Crippen molar-refractivity contribution in [1.82, 2.24) is 20.1 Å². The highest BCUT2D eigenvalue weighted by atomic mass is 32.2. The van der Waals surface area contributed by atoms with E-state index in [-0.39, 0.29) is 30.6 Å². The van der Waals surface area contributed by atoms with E-state index in [0.717, 1.165) is 27.4 Å². The second-order valence-corrected chi connectivity index (χ2v) is 12.2. The summed E-state index contributed by atoms with van der Waals surface area (Å²) in [5, 5.41) is 24.2. The van der Waals surface area contributed by atoms with Crippen LogP contribution in [-0.2, 0) is 39.3 Å². The van der Waals surface area contributed by atoms with Crippen molar-refractivity contribution in [2.24, 2.45) is 7.05 Å². The molecule has 0 aliphatic carbocycles. The maximum Gasteiger partial charge on any atom is 0.224 e. The fourth-order valence-corrected chi connectivity index (χ4v) is 5.98. The molecule has 1 aliphatic heterocycles. The number of nitrogens with one attached hydrogen (secondary N) is 2. The predicted octanol–water partition coefficient (Wildman–Crippen LogP) is 5.04. The number of rotatable bonds is 14. The van der Waals surface area contributed by atoms with Crippen molar-refractivity contribution >= 4 is 35.0 Å². The number of nitrogens with zero attached hydrogens (tertiary/aromatic N) is 3. The van der Waals surface area contributed by atoms with Crippen molar-refractivity contribution in [2.45, 2.75) is 68.9 Å². The zero-order valence-electron chi connectivity index (χ0n) is 25.8. The Bertz CT molecular complexity index is 1580. The van der Waals surface area contributed by atoms with Gasteiger partial charge in [-0.25, -0.2) is 0 Å². The van der Waals surface area contributed by atoms with Crippen LogP contribution >= 0.6 is 11.8 Å². The predicted molar refractivity (Wildman–Crippen MR) is 176 cm³/mol. The highest BCUT2D eigenvalue weighted by molar-refractivity contribution is 7.99. The fraction of sp³-hybridized carbons (Fsp3) is 0.353. The zero-order valence-corrected chi connectivity index (χ0v) is 26.6. The van der Waals surface area contributed by atoms with Crippen LogP contribution in [0.5, 0.6) is 0 Å². The minimum atomic E-state index is -0.569. The second kappa shape index (κ2) is 16.4. The van der Waals surface area contributed by atoms with Crippen molar-refractivity contribution in [3.8, 4) is 0 Å². The monoisotopic (exact) mass is 644 g/mol. The van der Waals surface area contributed by atoms with Gasteiger partial charge in [0.2, 0.25) is 11.8 Å². The van der Waals surface area contributed by atoms with Crippen LogP contribution in [0.4, 0.5) is 11.4 Å². The van der Waals surface area contributed by atoms with Crippen LogP contribution in [0.2, 0.25) is 0 Å². The number of hydrogen-bond donors (Lipinski definition) is 4. The highest BCUT2D eigenvalue weighted by Gasteiger charge is 2.32. The van der Waals surface area contributed by atoms with E-state index in [9.17, 15) is 14.7 Å². The summed E-state index contributed by atoms with van der Waals surface area (Å²) in [6.07, 6.45) is 3.39. The van der Waals surface area contributed by atoms with Crippen LogP contribution in [0.15, 0.2) is 84.3 Å². The first-order chi connectivity index (χ1) is 22.4. The number of thioether (sulfide) groups is 1. The molecule has 2 heterocycles. The number of amides is 2. The zero-order chi connectivity index (χ0) is 32.3. The van der Waals surface area contributed by atoms with Crippen molar-refractivity contribution < 1.29 is 24.2 Å². The van der Waals surface area contributed by atoms with E-state index in [1.165, 1.54) is 0 Å². The molecule has 5 N–H and O–H groups in total. The average molecular weight is 645 g/mol. The molecule has 0 saturated carbocycles. The van der Waals surface area contributed by atoms with Gasteiger partial charge in [0.25, 0.3) is 0 Å². The molecule has 1 saturated heterocycles. The number of carbonyl (C=O) groups is 2. The first-order valence-electron chi connectivity index (χ1n) is 15.3. The van der Waals surface area contributed by atoms with E-state index >= 15 is 0 Å². The number of aliphatic hydroxyl groups is 1. The van der Waals surface area contributed by atoms with E-state index in [1.54, 1.807) is 30.2 Å². The van der Waals surface area contributed by atoms with Gasteiger partial charge in [-0.05, 0) is 41.7 Å². The van der Waals surface area contributed by atoms with Crippen LogP contribution in [0.3, 0.4) is 0 Å². The lowest BCUT2D eigenvalue weighted by Gasteiger charge is -2.36. The summed E-state index contributed by atoms with van der Waals surface area (Å²) in [5.74, 6) is 0.508. The molecule has 2 amide bonds. The molecule has 3 aromatic carbocycles. The summed E-state index contributed by atoms with van der Waals surface area (Å²) >= 11 is 1.59. The van der Waals surface area contributed by atoms with E-state index in [0.29, 0.717) is 55.8 Å². The lowest BCUT2D eigenvalue weighted by Crippen LogP contribution is -2.31. The molecule has 0 radical (unpaired) electrons. The molecule has 5 rings (SSSR count). The van der Waals surface area contributed by atoms with E-state index in [4.69, 9.17) is 15.2 Å². The van der Waals surface area contributed by atoms with Gasteiger partial charge in [-0.2, -0.15) is 0 Å². The van der Waals surface area contributed by atoms with Crippen LogP contribution in [0.1, 0.15) is 66.8 Å². The maximum absolute atomic E-state index is 12.4. The number of nitrogen functional groups attached to an aromatic ring is 1. The molecule has 46 heavy (non-hydrogen) atoms. The summed E-state index contributed by atoms with van der Waals surface area (Å²) in [5.41, 5.74) is 10.7. The normalized spacial score (nSPS) is 17.8. The smallest absolute Gasteiger partial charge is 0.224 e. The van der Waals surface area contributed by atoms with Crippen molar-refractivity contribution in [1.29, 1.82) is 0 Å². The Labute approximate surface area is 272 Å². The van der Waals surface area contributed by atoms with E-state index < -0.39 is 6.29 Å². The second-order valence-electron chi connectivity index (χ2n) is 11.2. The van der Waals surface area contributed by atoms with Gasteiger partial charge < -0.3 is 35.5 Å². The van der Waals surface area contributed by atoms with Crippen molar-refractivity contribution in [2.75, 3.05) is 16.8 Å². The third-order valence-electron chi connectivity index (χ3n) is 7.72. The number of ether oxygens (including phenoxy) is 2. The van der Waals surface area contributed by atoms with Crippen LogP contribution in [0, 0.1) is 0 Å². The number of para-hydroxylation sites is 2. The standard InChI is InChI=1S/C34H40N6O5S/c1-40-22-37-39-34(40)46-21-27-18-30(25-14-12-24(20-41)13-15-25)45-33(44-27)26-16-10-23(11-17-26)19-36-31(42)8-4-5-9-32(43)38-29-7-3-2-6-28(29)35/h2-3,6-7,10-17,22,27,30,33,41H,4-5,8-9,18-21,35H2,1H3,(H,36,42)(H,38,43)/t27-,30+,33+/m1/s1. The van der Waals surface area contributed by atoms with Gasteiger partial charge in [0.1, 0.15) is 6.33 Å². The summed E-state index contributed by atoms with van der Waals surface area (Å²) in [4.78, 5) is 24.6. The quantitative estimate of drug-likeness (QED) is 0.0840. The van der Waals surface area contributed by atoms with Gasteiger partial charge in [-0.1, -0.05) is 72.4 Å². The van der Waals surface area contributed by atoms with Crippen LogP contribution < -0.4 is 16.4 Å². The van der Waals surface area contributed by atoms with Gasteiger partial charge in [0, 0.05) is 44.2 Å². The Morgan fingerprint density at radius 1 is 0.957 bits per heavy atom. The van der Waals surface area contributed by atoms with Crippen LogP contribution in [-0.4, -0.2) is 43.5 Å². The van der Waals surface area contributed by atoms with Crippen molar-refractivity contribution in [3.63, 3.8) is 0 Å². The number of nitrogens with two attached hydrogens (primary N) is 1. The van der Waals surface area contributed by atoms with Crippen molar-refractivity contribution in [3.05, 3.63) is 101 Å². The molecule has 1 fully saturated rings. The average Bonchev–Trinajstić information content (AvgIpc) is 3.50. The summed E-state index contributed by atoms with van der Waals surface area (Å²) in [6, 6.07) is 22.8.